The predicted molar refractivity (Wildman–Crippen MR) is 59.0 cm³/mol. The highest BCUT2D eigenvalue weighted by molar-refractivity contribution is 7.81. The van der Waals surface area contributed by atoms with E-state index in [-0.39, 0.29) is 11.2 Å². The van der Waals surface area contributed by atoms with Crippen LogP contribution in [0, 0.1) is 0 Å². The standard InChI is InChI=1S/C10H15NO2S/c1-4-13-10(12)8-6-11(3)7(2)5-9(8)14/h5-6,9,14H,4H2,1-3H3. The Morgan fingerprint density at radius 1 is 1.71 bits per heavy atom. The minimum atomic E-state index is -0.289. The van der Waals surface area contributed by atoms with Crippen molar-refractivity contribution in [3.05, 3.63) is 23.5 Å². The third-order valence-electron chi connectivity index (χ3n) is 2.12. The van der Waals surface area contributed by atoms with E-state index in [1.165, 1.54) is 0 Å². The van der Waals surface area contributed by atoms with Gasteiger partial charge in [-0.3, -0.25) is 0 Å². The molecule has 1 atom stereocenters. The lowest BCUT2D eigenvalue weighted by molar-refractivity contribution is -0.138. The molecule has 78 valence electrons. The van der Waals surface area contributed by atoms with Crippen molar-refractivity contribution >= 4 is 18.6 Å². The summed E-state index contributed by atoms with van der Waals surface area (Å²) in [7, 11) is 1.89. The van der Waals surface area contributed by atoms with E-state index in [1.807, 2.05) is 24.9 Å². The Bertz CT molecular complexity index is 296. The molecule has 1 heterocycles. The zero-order chi connectivity index (χ0) is 10.7. The first-order valence-electron chi connectivity index (χ1n) is 4.54. The Morgan fingerprint density at radius 2 is 2.36 bits per heavy atom. The van der Waals surface area contributed by atoms with Crippen molar-refractivity contribution < 1.29 is 9.53 Å². The van der Waals surface area contributed by atoms with Crippen LogP contribution in [0.1, 0.15) is 13.8 Å². The third-order valence-corrected chi connectivity index (χ3v) is 2.55. The molecule has 0 saturated heterocycles. The summed E-state index contributed by atoms with van der Waals surface area (Å²) < 4.78 is 4.92. The van der Waals surface area contributed by atoms with Crippen LogP contribution < -0.4 is 0 Å². The SMILES string of the molecule is CCOC(=O)C1=CN(C)C(C)=CC1S. The van der Waals surface area contributed by atoms with Gasteiger partial charge in [-0.25, -0.2) is 4.79 Å². The normalized spacial score (nSPS) is 21.4. The van der Waals surface area contributed by atoms with E-state index in [0.29, 0.717) is 12.2 Å². The first-order valence-corrected chi connectivity index (χ1v) is 5.06. The molecule has 14 heavy (non-hydrogen) atoms. The average molecular weight is 213 g/mol. The first-order chi connectivity index (χ1) is 6.56. The summed E-state index contributed by atoms with van der Waals surface area (Å²) in [6.45, 7) is 4.16. The van der Waals surface area contributed by atoms with Gasteiger partial charge in [-0.1, -0.05) is 0 Å². The molecular weight excluding hydrogens is 198 g/mol. The van der Waals surface area contributed by atoms with Gasteiger partial charge in [0.15, 0.2) is 0 Å². The number of nitrogens with zero attached hydrogens (tertiary/aromatic N) is 1. The highest BCUT2D eigenvalue weighted by Crippen LogP contribution is 2.22. The van der Waals surface area contributed by atoms with E-state index in [1.54, 1.807) is 13.1 Å². The zero-order valence-electron chi connectivity index (χ0n) is 8.65. The maximum atomic E-state index is 11.5. The number of ether oxygens (including phenoxy) is 1. The van der Waals surface area contributed by atoms with Crippen molar-refractivity contribution in [1.29, 1.82) is 0 Å². The van der Waals surface area contributed by atoms with Gasteiger partial charge in [0.2, 0.25) is 0 Å². The summed E-state index contributed by atoms with van der Waals surface area (Å²) in [6.07, 6.45) is 3.69. The quantitative estimate of drug-likeness (QED) is 0.558. The second-order valence-electron chi connectivity index (χ2n) is 3.17. The Morgan fingerprint density at radius 3 is 2.93 bits per heavy atom. The molecule has 0 aromatic heterocycles. The van der Waals surface area contributed by atoms with Crippen molar-refractivity contribution in [3.8, 4) is 0 Å². The minimum absolute atomic E-state index is 0.162. The van der Waals surface area contributed by atoms with Crippen molar-refractivity contribution in [2.75, 3.05) is 13.7 Å². The fourth-order valence-electron chi connectivity index (χ4n) is 1.21. The van der Waals surface area contributed by atoms with Gasteiger partial charge in [0.05, 0.1) is 17.4 Å². The number of rotatable bonds is 2. The Balaban J connectivity index is 2.80. The number of hydrogen-bond acceptors (Lipinski definition) is 4. The Hall–Kier alpha value is -0.900. The first kappa shape index (κ1) is 11.2. The van der Waals surface area contributed by atoms with E-state index in [4.69, 9.17) is 4.74 Å². The second kappa shape index (κ2) is 4.55. The molecule has 0 N–H and O–H groups in total. The van der Waals surface area contributed by atoms with Crippen molar-refractivity contribution in [2.45, 2.75) is 19.1 Å². The van der Waals surface area contributed by atoms with Gasteiger partial charge in [-0.05, 0) is 19.9 Å². The molecule has 0 aromatic rings. The third kappa shape index (κ3) is 2.32. The molecule has 1 aliphatic rings. The molecule has 0 radical (unpaired) electrons. The molecule has 0 spiro atoms. The molecule has 0 amide bonds. The van der Waals surface area contributed by atoms with Crippen LogP contribution >= 0.6 is 12.6 Å². The molecule has 1 aliphatic heterocycles. The summed E-state index contributed by atoms with van der Waals surface area (Å²) in [6, 6.07) is 0. The highest BCUT2D eigenvalue weighted by Gasteiger charge is 2.22. The van der Waals surface area contributed by atoms with Crippen LogP contribution in [0.25, 0.3) is 0 Å². The molecule has 1 rings (SSSR count). The van der Waals surface area contributed by atoms with Gasteiger partial charge >= 0.3 is 5.97 Å². The molecule has 4 heteroatoms. The molecule has 0 fully saturated rings. The van der Waals surface area contributed by atoms with E-state index in [2.05, 4.69) is 12.6 Å². The smallest absolute Gasteiger partial charge is 0.336 e. The van der Waals surface area contributed by atoms with Crippen LogP contribution in [0.15, 0.2) is 23.5 Å². The van der Waals surface area contributed by atoms with Gasteiger partial charge < -0.3 is 9.64 Å². The average Bonchev–Trinajstić information content (AvgIpc) is 2.11. The van der Waals surface area contributed by atoms with Crippen LogP contribution in [0.3, 0.4) is 0 Å². The summed E-state index contributed by atoms with van der Waals surface area (Å²) >= 11 is 4.32. The Kier molecular flexibility index (Phi) is 3.63. The largest absolute Gasteiger partial charge is 0.463 e. The van der Waals surface area contributed by atoms with E-state index >= 15 is 0 Å². The van der Waals surface area contributed by atoms with Crippen LogP contribution in [-0.4, -0.2) is 29.8 Å². The summed E-state index contributed by atoms with van der Waals surface area (Å²) in [5.41, 5.74) is 1.67. The van der Waals surface area contributed by atoms with Crippen molar-refractivity contribution in [3.63, 3.8) is 0 Å². The lowest BCUT2D eigenvalue weighted by Crippen LogP contribution is -2.24. The molecular formula is C10H15NO2S. The number of carbonyl (C=O) groups excluding carboxylic acids is 1. The molecule has 0 bridgehead atoms. The maximum absolute atomic E-state index is 11.5. The number of carbonyl (C=O) groups is 1. The lowest BCUT2D eigenvalue weighted by Gasteiger charge is -2.24. The number of allylic oxidation sites excluding steroid dienone is 1. The predicted octanol–water partition coefficient (Wildman–Crippen LogP) is 1.58. The summed E-state index contributed by atoms with van der Waals surface area (Å²) in [5.74, 6) is -0.289. The molecule has 0 saturated carbocycles. The van der Waals surface area contributed by atoms with E-state index < -0.39 is 0 Å². The minimum Gasteiger partial charge on any atom is -0.463 e. The van der Waals surface area contributed by atoms with Gasteiger partial charge in [0, 0.05) is 18.9 Å². The fourth-order valence-corrected chi connectivity index (χ4v) is 1.60. The number of esters is 1. The Labute approximate surface area is 89.8 Å². The molecule has 0 aromatic carbocycles. The fraction of sp³-hybridized carbons (Fsp3) is 0.500. The number of thiol groups is 1. The zero-order valence-corrected chi connectivity index (χ0v) is 9.54. The second-order valence-corrected chi connectivity index (χ2v) is 3.73. The van der Waals surface area contributed by atoms with Crippen molar-refractivity contribution in [1.82, 2.24) is 4.90 Å². The van der Waals surface area contributed by atoms with E-state index in [0.717, 1.165) is 5.70 Å². The van der Waals surface area contributed by atoms with Crippen LogP contribution in [0.4, 0.5) is 0 Å². The van der Waals surface area contributed by atoms with Crippen molar-refractivity contribution in [2.24, 2.45) is 0 Å². The van der Waals surface area contributed by atoms with E-state index in [9.17, 15) is 4.79 Å². The lowest BCUT2D eigenvalue weighted by atomic mass is 10.1. The topological polar surface area (TPSA) is 29.5 Å². The molecule has 3 nitrogen and oxygen atoms in total. The summed E-state index contributed by atoms with van der Waals surface area (Å²) in [4.78, 5) is 13.4. The maximum Gasteiger partial charge on any atom is 0.336 e. The monoisotopic (exact) mass is 213 g/mol. The van der Waals surface area contributed by atoms with Gasteiger partial charge in [-0.15, -0.1) is 0 Å². The van der Waals surface area contributed by atoms with Crippen LogP contribution in [0.2, 0.25) is 0 Å². The molecule has 0 aliphatic carbocycles. The summed E-state index contributed by atoms with van der Waals surface area (Å²) in [5, 5.41) is -0.162. The van der Waals surface area contributed by atoms with Gasteiger partial charge in [0.1, 0.15) is 0 Å². The van der Waals surface area contributed by atoms with Gasteiger partial charge in [0.25, 0.3) is 0 Å². The molecule has 1 unspecified atom stereocenters. The van der Waals surface area contributed by atoms with Gasteiger partial charge in [-0.2, -0.15) is 12.6 Å². The van der Waals surface area contributed by atoms with Crippen LogP contribution in [-0.2, 0) is 9.53 Å². The van der Waals surface area contributed by atoms with Crippen LogP contribution in [0.5, 0.6) is 0 Å². The highest BCUT2D eigenvalue weighted by atomic mass is 32.1. The number of hydrogen-bond donors (Lipinski definition) is 1.